The van der Waals surface area contributed by atoms with Crippen LogP contribution in [0.3, 0.4) is 0 Å². The molecule has 1 atom stereocenters. The fraction of sp³-hybridized carbons (Fsp3) is 0.250. The van der Waals surface area contributed by atoms with Crippen LogP contribution in [-0.2, 0) is 0 Å². The van der Waals surface area contributed by atoms with Crippen LogP contribution in [0.2, 0.25) is 0 Å². The van der Waals surface area contributed by atoms with E-state index in [0.717, 1.165) is 35.8 Å². The molecule has 3 aromatic rings. The summed E-state index contributed by atoms with van der Waals surface area (Å²) in [7, 11) is 0. The number of hydrogen-bond donors (Lipinski definition) is 2. The highest BCUT2D eigenvalue weighted by atomic mass is 32.1. The maximum Gasteiger partial charge on any atom is 0.226 e. The van der Waals surface area contributed by atoms with Gasteiger partial charge in [0.2, 0.25) is 5.95 Å². The minimum absolute atomic E-state index is 0.0173. The Morgan fingerprint density at radius 3 is 2.95 bits per heavy atom. The van der Waals surface area contributed by atoms with Crippen LogP contribution in [0.4, 0.5) is 5.95 Å². The summed E-state index contributed by atoms with van der Waals surface area (Å²) >= 11 is 1.70. The van der Waals surface area contributed by atoms with E-state index in [4.69, 9.17) is 10.7 Å². The van der Waals surface area contributed by atoms with E-state index in [-0.39, 0.29) is 6.17 Å². The van der Waals surface area contributed by atoms with Crippen molar-refractivity contribution in [1.82, 2.24) is 15.3 Å². The molecule has 1 aliphatic rings. The average molecular weight is 311 g/mol. The topological polar surface area (TPSA) is 67.1 Å². The van der Waals surface area contributed by atoms with E-state index >= 15 is 0 Å². The molecule has 1 unspecified atom stereocenters. The summed E-state index contributed by atoms with van der Waals surface area (Å²) in [4.78, 5) is 13.6. The molecule has 0 bridgehead atoms. The number of aromatic nitrogens is 2. The van der Waals surface area contributed by atoms with Gasteiger partial charge in [0.25, 0.3) is 0 Å². The second-order valence-corrected chi connectivity index (χ2v) is 6.44. The number of nitrogens with one attached hydrogen (secondary N) is 1. The van der Waals surface area contributed by atoms with E-state index in [1.54, 1.807) is 11.3 Å². The zero-order chi connectivity index (χ0) is 14.9. The molecule has 1 saturated heterocycles. The molecule has 1 aromatic carbocycles. The van der Waals surface area contributed by atoms with Crippen LogP contribution in [-0.4, -0.2) is 35.8 Å². The summed E-state index contributed by atoms with van der Waals surface area (Å²) in [5.41, 5.74) is 7.17. The maximum atomic E-state index is 5.95. The third kappa shape index (κ3) is 2.56. The Hall–Kier alpha value is -2.02. The quantitative estimate of drug-likeness (QED) is 0.758. The number of nitrogens with zero attached hydrogens (tertiary/aromatic N) is 3. The Morgan fingerprint density at radius 2 is 2.14 bits per heavy atom. The molecule has 3 N–H and O–H groups in total. The molecule has 0 saturated carbocycles. The number of anilines is 1. The molecule has 22 heavy (non-hydrogen) atoms. The fourth-order valence-corrected chi connectivity index (χ4v) is 3.68. The molecular formula is C16H17N5S. The number of fused-ring (bicyclic) bond motifs is 1. The number of benzene rings is 1. The van der Waals surface area contributed by atoms with E-state index in [2.05, 4.69) is 45.5 Å². The fourth-order valence-electron chi connectivity index (χ4n) is 2.68. The molecule has 4 rings (SSSR count). The molecule has 0 radical (unpaired) electrons. The first-order valence-electron chi connectivity index (χ1n) is 7.35. The number of piperazine rings is 1. The summed E-state index contributed by atoms with van der Waals surface area (Å²) in [6.45, 7) is 2.49. The molecule has 3 heterocycles. The third-order valence-corrected chi connectivity index (χ3v) is 4.90. The van der Waals surface area contributed by atoms with Crippen LogP contribution in [0.5, 0.6) is 0 Å². The summed E-state index contributed by atoms with van der Waals surface area (Å²) < 4.78 is 0. The molecule has 0 amide bonds. The van der Waals surface area contributed by atoms with Crippen molar-refractivity contribution >= 4 is 27.5 Å². The molecule has 0 aliphatic carbocycles. The van der Waals surface area contributed by atoms with E-state index in [0.29, 0.717) is 0 Å². The standard InChI is InChI=1S/C16H17N5S/c17-14-10-21(7-6-18-14)16-19-9-12-8-13(22-15(12)20-16)11-4-2-1-3-5-11/h1-5,8-9,14,18H,6-7,10,17H2. The normalized spacial score (nSPS) is 18.8. The van der Waals surface area contributed by atoms with Crippen molar-refractivity contribution in [2.24, 2.45) is 5.73 Å². The first-order chi connectivity index (χ1) is 10.8. The zero-order valence-corrected chi connectivity index (χ0v) is 12.9. The van der Waals surface area contributed by atoms with Crippen LogP contribution in [0.15, 0.2) is 42.6 Å². The predicted molar refractivity (Wildman–Crippen MR) is 91.0 cm³/mol. The van der Waals surface area contributed by atoms with Gasteiger partial charge in [0.1, 0.15) is 4.83 Å². The lowest BCUT2D eigenvalue weighted by molar-refractivity contribution is 0.464. The van der Waals surface area contributed by atoms with Gasteiger partial charge < -0.3 is 10.6 Å². The lowest BCUT2D eigenvalue weighted by Gasteiger charge is -2.31. The zero-order valence-electron chi connectivity index (χ0n) is 12.1. The van der Waals surface area contributed by atoms with Gasteiger partial charge in [-0.05, 0) is 11.6 Å². The van der Waals surface area contributed by atoms with Crippen molar-refractivity contribution < 1.29 is 0 Å². The molecule has 5 nitrogen and oxygen atoms in total. The van der Waals surface area contributed by atoms with Gasteiger partial charge in [0.15, 0.2) is 0 Å². The van der Waals surface area contributed by atoms with Gasteiger partial charge >= 0.3 is 0 Å². The van der Waals surface area contributed by atoms with E-state index in [1.807, 2.05) is 12.3 Å². The van der Waals surface area contributed by atoms with Crippen molar-refractivity contribution in [2.75, 3.05) is 24.5 Å². The highest BCUT2D eigenvalue weighted by molar-refractivity contribution is 7.21. The summed E-state index contributed by atoms with van der Waals surface area (Å²) in [5.74, 6) is 0.769. The van der Waals surface area contributed by atoms with Crippen molar-refractivity contribution in [3.8, 4) is 10.4 Å². The summed E-state index contributed by atoms with van der Waals surface area (Å²) in [6.07, 6.45) is 1.89. The second kappa shape index (κ2) is 5.64. The summed E-state index contributed by atoms with van der Waals surface area (Å²) in [6, 6.07) is 12.5. The van der Waals surface area contributed by atoms with Gasteiger partial charge in [-0.25, -0.2) is 9.97 Å². The van der Waals surface area contributed by atoms with Crippen molar-refractivity contribution in [2.45, 2.75) is 6.17 Å². The van der Waals surface area contributed by atoms with Gasteiger partial charge in [0.05, 0.1) is 6.17 Å². The number of hydrogen-bond acceptors (Lipinski definition) is 6. The highest BCUT2D eigenvalue weighted by Crippen LogP contribution is 2.32. The lowest BCUT2D eigenvalue weighted by Crippen LogP contribution is -2.55. The third-order valence-electron chi connectivity index (χ3n) is 3.81. The Labute approximate surface area is 132 Å². The number of nitrogens with two attached hydrogens (primary N) is 1. The van der Waals surface area contributed by atoms with Crippen LogP contribution in [0.25, 0.3) is 20.7 Å². The van der Waals surface area contributed by atoms with E-state index < -0.39 is 0 Å². The molecule has 112 valence electrons. The second-order valence-electron chi connectivity index (χ2n) is 5.41. The minimum atomic E-state index is -0.0173. The highest BCUT2D eigenvalue weighted by Gasteiger charge is 2.19. The molecule has 1 fully saturated rings. The molecule has 0 spiro atoms. The van der Waals surface area contributed by atoms with E-state index in [9.17, 15) is 0 Å². The average Bonchev–Trinajstić information content (AvgIpc) is 2.99. The minimum Gasteiger partial charge on any atom is -0.337 e. The molecule has 2 aromatic heterocycles. The van der Waals surface area contributed by atoms with Crippen LogP contribution >= 0.6 is 11.3 Å². The van der Waals surface area contributed by atoms with Crippen LogP contribution in [0, 0.1) is 0 Å². The van der Waals surface area contributed by atoms with Crippen LogP contribution < -0.4 is 16.0 Å². The predicted octanol–water partition coefficient (Wildman–Crippen LogP) is 2.05. The van der Waals surface area contributed by atoms with Crippen molar-refractivity contribution in [1.29, 1.82) is 0 Å². The monoisotopic (exact) mass is 311 g/mol. The van der Waals surface area contributed by atoms with Gasteiger partial charge in [-0.3, -0.25) is 5.32 Å². The van der Waals surface area contributed by atoms with Crippen molar-refractivity contribution in [3.63, 3.8) is 0 Å². The van der Waals surface area contributed by atoms with Gasteiger partial charge in [-0.2, -0.15) is 0 Å². The first kappa shape index (κ1) is 13.6. The Bertz CT molecular complexity index is 786. The SMILES string of the molecule is NC1CN(c2ncc3cc(-c4ccccc4)sc3n2)CCN1. The summed E-state index contributed by atoms with van der Waals surface area (Å²) in [5, 5.41) is 4.32. The van der Waals surface area contributed by atoms with Crippen LogP contribution in [0.1, 0.15) is 0 Å². The number of thiophene rings is 1. The molecule has 6 heteroatoms. The molecular weight excluding hydrogens is 294 g/mol. The van der Waals surface area contributed by atoms with Gasteiger partial charge in [-0.1, -0.05) is 30.3 Å². The van der Waals surface area contributed by atoms with Gasteiger partial charge in [-0.15, -0.1) is 11.3 Å². The maximum absolute atomic E-state index is 5.95. The Balaban J connectivity index is 1.69. The van der Waals surface area contributed by atoms with Gasteiger partial charge in [0, 0.05) is 36.1 Å². The lowest BCUT2D eigenvalue weighted by atomic mass is 10.2. The van der Waals surface area contributed by atoms with Crippen molar-refractivity contribution in [3.05, 3.63) is 42.6 Å². The Kier molecular flexibility index (Phi) is 3.49. The molecule has 1 aliphatic heterocycles. The smallest absolute Gasteiger partial charge is 0.226 e. The van der Waals surface area contributed by atoms with E-state index in [1.165, 1.54) is 10.4 Å². The Morgan fingerprint density at radius 1 is 1.27 bits per heavy atom. The largest absolute Gasteiger partial charge is 0.337 e. The first-order valence-corrected chi connectivity index (χ1v) is 8.17. The number of rotatable bonds is 2.